The Balaban J connectivity index is 2.03. The van der Waals surface area contributed by atoms with Gasteiger partial charge >= 0.3 is 0 Å². The van der Waals surface area contributed by atoms with Crippen LogP contribution in [0.5, 0.6) is 11.5 Å². The van der Waals surface area contributed by atoms with E-state index < -0.39 is 0 Å². The highest BCUT2D eigenvalue weighted by molar-refractivity contribution is 6.32. The van der Waals surface area contributed by atoms with Crippen molar-refractivity contribution in [2.75, 3.05) is 13.7 Å². The van der Waals surface area contributed by atoms with E-state index in [1.165, 1.54) is 5.56 Å². The fourth-order valence-electron chi connectivity index (χ4n) is 2.74. The van der Waals surface area contributed by atoms with Crippen LogP contribution in [-0.4, -0.2) is 25.2 Å². The lowest BCUT2D eigenvalue weighted by atomic mass is 10.1. The first kappa shape index (κ1) is 22.1. The van der Waals surface area contributed by atoms with E-state index in [1.807, 2.05) is 51.1 Å². The molecule has 0 aromatic heterocycles. The molecule has 2 N–H and O–H groups in total. The lowest BCUT2D eigenvalue weighted by molar-refractivity contribution is -0.124. The first-order chi connectivity index (χ1) is 13.2. The van der Waals surface area contributed by atoms with Gasteiger partial charge in [-0.25, -0.2) is 0 Å². The molecular weight excluding hydrogens is 376 g/mol. The van der Waals surface area contributed by atoms with Crippen LogP contribution in [0.1, 0.15) is 44.9 Å². The van der Waals surface area contributed by atoms with Gasteiger partial charge in [-0.1, -0.05) is 41.9 Å². The smallest absolute Gasteiger partial charge is 0.258 e. The molecule has 2 rings (SSSR count). The van der Waals surface area contributed by atoms with Crippen molar-refractivity contribution >= 4 is 17.5 Å². The van der Waals surface area contributed by atoms with Crippen LogP contribution in [0.4, 0.5) is 0 Å². The summed E-state index contributed by atoms with van der Waals surface area (Å²) in [6.07, 6.45) is 0. The van der Waals surface area contributed by atoms with Crippen molar-refractivity contribution in [1.29, 1.82) is 0 Å². The number of carbonyl (C=O) groups excluding carboxylic acids is 1. The number of hydrogen-bond donors (Lipinski definition) is 2. The molecule has 0 aliphatic carbocycles. The zero-order chi connectivity index (χ0) is 20.7. The molecule has 0 saturated carbocycles. The highest BCUT2D eigenvalue weighted by Gasteiger charge is 2.17. The van der Waals surface area contributed by atoms with Gasteiger partial charge in [-0.3, -0.25) is 4.79 Å². The van der Waals surface area contributed by atoms with Crippen LogP contribution in [0.25, 0.3) is 0 Å². The van der Waals surface area contributed by atoms with E-state index in [9.17, 15) is 4.79 Å². The Bertz CT molecular complexity index is 788. The summed E-state index contributed by atoms with van der Waals surface area (Å²) in [5.41, 5.74) is 1.86. The van der Waals surface area contributed by atoms with Gasteiger partial charge in [-0.15, -0.1) is 0 Å². The predicted molar refractivity (Wildman–Crippen MR) is 113 cm³/mol. The van der Waals surface area contributed by atoms with E-state index in [1.54, 1.807) is 7.11 Å². The molecule has 1 amide bonds. The summed E-state index contributed by atoms with van der Waals surface area (Å²) in [6, 6.07) is 14.1. The highest BCUT2D eigenvalue weighted by Crippen LogP contribution is 2.36. The lowest BCUT2D eigenvalue weighted by Gasteiger charge is -2.21. The largest absolute Gasteiger partial charge is 0.493 e. The standard InChI is InChI=1S/C22H29ClN2O3/c1-15(17-9-7-6-8-10-17)24-13-16-11-18(23)21(19(12-16)27-5)28-14-20(26)25-22(2,3)4/h6-12,15,24H,13-14H2,1-5H3,(H,25,26)/t15-/m0/s1. The minimum absolute atomic E-state index is 0.129. The lowest BCUT2D eigenvalue weighted by Crippen LogP contribution is -2.43. The predicted octanol–water partition coefficient (Wildman–Crippen LogP) is 4.49. The molecule has 1 atom stereocenters. The number of hydrogen-bond acceptors (Lipinski definition) is 4. The quantitative estimate of drug-likeness (QED) is 0.680. The Morgan fingerprint density at radius 2 is 1.86 bits per heavy atom. The first-order valence-electron chi connectivity index (χ1n) is 9.28. The zero-order valence-corrected chi connectivity index (χ0v) is 17.9. The van der Waals surface area contributed by atoms with Crippen molar-refractivity contribution in [3.05, 3.63) is 58.6 Å². The normalized spacial score (nSPS) is 12.4. The van der Waals surface area contributed by atoms with Crippen LogP contribution in [0.3, 0.4) is 0 Å². The third-order valence-corrected chi connectivity index (χ3v) is 4.34. The fourth-order valence-corrected chi connectivity index (χ4v) is 3.03. The van der Waals surface area contributed by atoms with Gasteiger partial charge in [0.1, 0.15) is 0 Å². The second-order valence-corrected chi connectivity index (χ2v) is 8.12. The number of methoxy groups -OCH3 is 1. The van der Waals surface area contributed by atoms with Gasteiger partial charge in [0.05, 0.1) is 12.1 Å². The molecule has 0 aliphatic heterocycles. The minimum Gasteiger partial charge on any atom is -0.493 e. The Hall–Kier alpha value is -2.24. The third-order valence-electron chi connectivity index (χ3n) is 4.06. The average molecular weight is 405 g/mol. The second-order valence-electron chi connectivity index (χ2n) is 7.71. The first-order valence-corrected chi connectivity index (χ1v) is 9.66. The van der Waals surface area contributed by atoms with Crippen LogP contribution in [0.2, 0.25) is 5.02 Å². The van der Waals surface area contributed by atoms with Crippen LogP contribution in [-0.2, 0) is 11.3 Å². The van der Waals surface area contributed by atoms with E-state index in [0.717, 1.165) is 5.56 Å². The summed E-state index contributed by atoms with van der Waals surface area (Å²) in [4.78, 5) is 12.0. The Morgan fingerprint density at radius 3 is 2.46 bits per heavy atom. The molecule has 0 fully saturated rings. The molecule has 5 nitrogen and oxygen atoms in total. The monoisotopic (exact) mass is 404 g/mol. The van der Waals surface area contributed by atoms with Crippen LogP contribution >= 0.6 is 11.6 Å². The summed E-state index contributed by atoms with van der Waals surface area (Å²) >= 11 is 6.40. The van der Waals surface area contributed by atoms with Gasteiger partial charge in [0.25, 0.3) is 5.91 Å². The maximum Gasteiger partial charge on any atom is 0.258 e. The maximum atomic E-state index is 12.0. The van der Waals surface area contributed by atoms with Gasteiger partial charge in [-0.05, 0) is 51.0 Å². The van der Waals surface area contributed by atoms with E-state index in [-0.39, 0.29) is 24.1 Å². The van der Waals surface area contributed by atoms with Crippen molar-refractivity contribution in [3.8, 4) is 11.5 Å². The SMILES string of the molecule is COc1cc(CN[C@@H](C)c2ccccc2)cc(Cl)c1OCC(=O)NC(C)(C)C. The van der Waals surface area contributed by atoms with Crippen molar-refractivity contribution in [1.82, 2.24) is 10.6 Å². The molecule has 0 aliphatic rings. The second kappa shape index (κ2) is 9.80. The number of benzene rings is 2. The number of ether oxygens (including phenoxy) is 2. The molecule has 28 heavy (non-hydrogen) atoms. The van der Waals surface area contributed by atoms with Gasteiger partial charge in [0, 0.05) is 18.1 Å². The van der Waals surface area contributed by atoms with Gasteiger partial charge in [-0.2, -0.15) is 0 Å². The van der Waals surface area contributed by atoms with Gasteiger partial charge in [0.2, 0.25) is 0 Å². The minimum atomic E-state index is -0.320. The van der Waals surface area contributed by atoms with Crippen LogP contribution < -0.4 is 20.1 Å². The molecule has 6 heteroatoms. The highest BCUT2D eigenvalue weighted by atomic mass is 35.5. The van der Waals surface area contributed by atoms with Crippen LogP contribution in [0, 0.1) is 0 Å². The van der Waals surface area contributed by atoms with Crippen LogP contribution in [0.15, 0.2) is 42.5 Å². The average Bonchev–Trinajstić information content (AvgIpc) is 2.64. The zero-order valence-electron chi connectivity index (χ0n) is 17.1. The molecule has 0 heterocycles. The number of rotatable bonds is 8. The fraction of sp³-hybridized carbons (Fsp3) is 0.409. The Labute approximate surface area is 172 Å². The van der Waals surface area contributed by atoms with Crippen molar-refractivity contribution in [3.63, 3.8) is 0 Å². The van der Waals surface area contributed by atoms with E-state index in [0.29, 0.717) is 23.1 Å². The summed E-state index contributed by atoms with van der Waals surface area (Å²) in [6.45, 7) is 8.34. The van der Waals surface area contributed by atoms with E-state index in [2.05, 4.69) is 29.7 Å². The number of carbonyl (C=O) groups is 1. The Morgan fingerprint density at radius 1 is 1.18 bits per heavy atom. The molecule has 0 unspecified atom stereocenters. The third kappa shape index (κ3) is 6.73. The molecule has 2 aromatic carbocycles. The van der Waals surface area contributed by atoms with Crippen molar-refractivity contribution in [2.45, 2.75) is 45.8 Å². The van der Waals surface area contributed by atoms with E-state index >= 15 is 0 Å². The molecule has 0 radical (unpaired) electrons. The molecule has 152 valence electrons. The van der Waals surface area contributed by atoms with Gasteiger partial charge in [0.15, 0.2) is 18.1 Å². The Kier molecular flexibility index (Phi) is 7.72. The van der Waals surface area contributed by atoms with Crippen molar-refractivity contribution < 1.29 is 14.3 Å². The van der Waals surface area contributed by atoms with Gasteiger partial charge < -0.3 is 20.1 Å². The van der Waals surface area contributed by atoms with E-state index in [4.69, 9.17) is 21.1 Å². The number of amides is 1. The molecular formula is C22H29ClN2O3. The van der Waals surface area contributed by atoms with Crippen molar-refractivity contribution in [2.24, 2.45) is 0 Å². The summed E-state index contributed by atoms with van der Waals surface area (Å²) < 4.78 is 11.0. The summed E-state index contributed by atoms with van der Waals surface area (Å²) in [5, 5.41) is 6.73. The summed E-state index contributed by atoms with van der Waals surface area (Å²) in [7, 11) is 1.55. The number of halogens is 1. The number of nitrogens with one attached hydrogen (secondary N) is 2. The molecule has 0 spiro atoms. The summed E-state index contributed by atoms with van der Waals surface area (Å²) in [5.74, 6) is 0.654. The maximum absolute atomic E-state index is 12.0. The molecule has 0 bridgehead atoms. The molecule has 0 saturated heterocycles. The topological polar surface area (TPSA) is 59.6 Å². The molecule has 2 aromatic rings.